The quantitative estimate of drug-likeness (QED) is 0.813. The van der Waals surface area contributed by atoms with Crippen LogP contribution in [0.5, 0.6) is 0 Å². The summed E-state index contributed by atoms with van der Waals surface area (Å²) in [7, 11) is 1.46. The summed E-state index contributed by atoms with van der Waals surface area (Å²) in [6.07, 6.45) is 4.55. The number of nitrogens with one attached hydrogen (secondary N) is 2. The molecule has 2 rings (SSSR count). The van der Waals surface area contributed by atoms with Crippen molar-refractivity contribution >= 4 is 23.2 Å². The summed E-state index contributed by atoms with van der Waals surface area (Å²) >= 11 is 1.73. The van der Waals surface area contributed by atoms with Crippen molar-refractivity contribution < 1.29 is 9.59 Å². The molecule has 0 aromatic carbocycles. The van der Waals surface area contributed by atoms with Gasteiger partial charge in [-0.15, -0.1) is 11.3 Å². The van der Waals surface area contributed by atoms with Crippen molar-refractivity contribution in [2.75, 3.05) is 13.6 Å². The van der Waals surface area contributed by atoms with Gasteiger partial charge in [-0.2, -0.15) is 0 Å². The summed E-state index contributed by atoms with van der Waals surface area (Å²) in [6, 6.07) is 4.17. The molecule has 0 spiro atoms. The van der Waals surface area contributed by atoms with Crippen molar-refractivity contribution in [3.8, 4) is 0 Å². The molecule has 1 aromatic rings. The first-order chi connectivity index (χ1) is 8.68. The van der Waals surface area contributed by atoms with E-state index in [4.69, 9.17) is 0 Å². The topological polar surface area (TPSA) is 58.2 Å². The first-order valence-electron chi connectivity index (χ1n) is 6.22. The summed E-state index contributed by atoms with van der Waals surface area (Å²) in [5, 5.41) is 7.16. The maximum Gasteiger partial charge on any atom is 0.309 e. The van der Waals surface area contributed by atoms with E-state index in [0.717, 1.165) is 12.8 Å². The fraction of sp³-hybridized carbons (Fsp3) is 0.538. The Bertz CT molecular complexity index is 422. The molecule has 2 amide bonds. The normalized spacial score (nSPS) is 17.4. The Morgan fingerprint density at radius 1 is 1.33 bits per heavy atom. The Balaban J connectivity index is 2.04. The maximum atomic E-state index is 11.5. The Hall–Kier alpha value is -1.36. The molecule has 1 aliphatic rings. The lowest BCUT2D eigenvalue weighted by atomic mass is 9.84. The molecule has 1 aromatic heterocycles. The largest absolute Gasteiger partial charge is 0.351 e. The zero-order chi connectivity index (χ0) is 13.0. The predicted octanol–water partition coefficient (Wildman–Crippen LogP) is 1.42. The van der Waals surface area contributed by atoms with Crippen LogP contribution in [0, 0.1) is 0 Å². The molecule has 0 saturated heterocycles. The van der Waals surface area contributed by atoms with Crippen molar-refractivity contribution in [1.29, 1.82) is 0 Å². The van der Waals surface area contributed by atoms with Crippen LogP contribution < -0.4 is 10.6 Å². The fourth-order valence-corrected chi connectivity index (χ4v) is 3.57. The maximum absolute atomic E-state index is 11.5. The van der Waals surface area contributed by atoms with E-state index < -0.39 is 11.8 Å². The number of carbonyl (C=O) groups is 2. The third-order valence-electron chi connectivity index (χ3n) is 3.63. The van der Waals surface area contributed by atoms with Gasteiger partial charge in [0, 0.05) is 23.9 Å². The van der Waals surface area contributed by atoms with Crippen molar-refractivity contribution in [1.82, 2.24) is 10.6 Å². The Kier molecular flexibility index (Phi) is 4.01. The molecule has 1 aliphatic carbocycles. The zero-order valence-electron chi connectivity index (χ0n) is 10.5. The second kappa shape index (κ2) is 5.52. The summed E-state index contributed by atoms with van der Waals surface area (Å²) in [5.74, 6) is -1.12. The molecule has 5 heteroatoms. The third-order valence-corrected chi connectivity index (χ3v) is 4.74. The van der Waals surface area contributed by atoms with Gasteiger partial charge in [0.2, 0.25) is 0 Å². The molecule has 1 fully saturated rings. The number of rotatable bonds is 3. The molecule has 1 saturated carbocycles. The molecule has 0 atom stereocenters. The van der Waals surface area contributed by atoms with Gasteiger partial charge in [-0.25, -0.2) is 0 Å². The Morgan fingerprint density at radius 3 is 2.61 bits per heavy atom. The molecular weight excluding hydrogens is 248 g/mol. The van der Waals surface area contributed by atoms with Crippen molar-refractivity contribution in [2.24, 2.45) is 0 Å². The van der Waals surface area contributed by atoms with Crippen molar-refractivity contribution in [3.05, 3.63) is 22.4 Å². The fourth-order valence-electron chi connectivity index (χ4n) is 2.59. The van der Waals surface area contributed by atoms with Crippen LogP contribution in [0.4, 0.5) is 0 Å². The van der Waals surface area contributed by atoms with Crippen molar-refractivity contribution in [3.63, 3.8) is 0 Å². The summed E-state index contributed by atoms with van der Waals surface area (Å²) in [5.41, 5.74) is 0.0395. The molecule has 0 bridgehead atoms. The molecule has 0 unspecified atom stereocenters. The van der Waals surface area contributed by atoms with Gasteiger partial charge < -0.3 is 10.6 Å². The van der Waals surface area contributed by atoms with E-state index in [1.54, 1.807) is 11.3 Å². The first kappa shape index (κ1) is 13.1. The van der Waals surface area contributed by atoms with Crippen LogP contribution in [-0.4, -0.2) is 25.4 Å². The van der Waals surface area contributed by atoms with E-state index in [0.29, 0.717) is 6.54 Å². The lowest BCUT2D eigenvalue weighted by Crippen LogP contribution is -2.44. The number of thiophene rings is 1. The van der Waals surface area contributed by atoms with Crippen LogP contribution in [0.3, 0.4) is 0 Å². The van der Waals surface area contributed by atoms with Gasteiger partial charge in [0.15, 0.2) is 0 Å². The first-order valence-corrected chi connectivity index (χ1v) is 7.10. The molecular formula is C13H18N2O2S. The molecule has 1 heterocycles. The smallest absolute Gasteiger partial charge is 0.309 e. The van der Waals surface area contributed by atoms with Gasteiger partial charge in [-0.1, -0.05) is 18.9 Å². The minimum atomic E-state index is -0.575. The molecule has 98 valence electrons. The monoisotopic (exact) mass is 266 g/mol. The second-order valence-electron chi connectivity index (χ2n) is 4.73. The van der Waals surface area contributed by atoms with Gasteiger partial charge in [0.05, 0.1) is 0 Å². The third kappa shape index (κ3) is 2.56. The molecule has 0 radical (unpaired) electrons. The van der Waals surface area contributed by atoms with Crippen LogP contribution in [0.15, 0.2) is 17.5 Å². The SMILES string of the molecule is CNC(=O)C(=O)NCC1(c2cccs2)CCCC1. The van der Waals surface area contributed by atoms with Gasteiger partial charge in [-0.05, 0) is 24.3 Å². The number of amides is 2. The summed E-state index contributed by atoms with van der Waals surface area (Å²) in [4.78, 5) is 24.0. The Labute approximate surface area is 111 Å². The van der Waals surface area contributed by atoms with Crippen LogP contribution in [0.1, 0.15) is 30.6 Å². The average Bonchev–Trinajstić information content (AvgIpc) is 3.05. The highest BCUT2D eigenvalue weighted by Crippen LogP contribution is 2.42. The van der Waals surface area contributed by atoms with Crippen LogP contribution >= 0.6 is 11.3 Å². The molecule has 4 nitrogen and oxygen atoms in total. The van der Waals surface area contributed by atoms with Gasteiger partial charge in [0.1, 0.15) is 0 Å². The number of likely N-dealkylation sites (N-methyl/N-ethyl adjacent to an activating group) is 1. The molecule has 18 heavy (non-hydrogen) atoms. The van der Waals surface area contributed by atoms with Crippen LogP contribution in [0.2, 0.25) is 0 Å². The van der Waals surface area contributed by atoms with Crippen molar-refractivity contribution in [2.45, 2.75) is 31.1 Å². The van der Waals surface area contributed by atoms with E-state index >= 15 is 0 Å². The number of hydrogen-bond donors (Lipinski definition) is 2. The number of hydrogen-bond acceptors (Lipinski definition) is 3. The standard InChI is InChI=1S/C13H18N2O2S/c1-14-11(16)12(17)15-9-13(6-2-3-7-13)10-5-4-8-18-10/h4-5,8H,2-3,6-7,9H2,1H3,(H,14,16)(H,15,17). The van der Waals surface area contributed by atoms with Gasteiger partial charge in [0.25, 0.3) is 0 Å². The van der Waals surface area contributed by atoms with Crippen LogP contribution in [0.25, 0.3) is 0 Å². The predicted molar refractivity (Wildman–Crippen MR) is 71.5 cm³/mol. The summed E-state index contributed by atoms with van der Waals surface area (Å²) < 4.78 is 0. The minimum absolute atomic E-state index is 0.0395. The molecule has 2 N–H and O–H groups in total. The van der Waals surface area contributed by atoms with Gasteiger partial charge >= 0.3 is 11.8 Å². The summed E-state index contributed by atoms with van der Waals surface area (Å²) in [6.45, 7) is 0.555. The molecule has 0 aliphatic heterocycles. The van der Waals surface area contributed by atoms with E-state index in [-0.39, 0.29) is 5.41 Å². The number of carbonyl (C=O) groups excluding carboxylic acids is 2. The van der Waals surface area contributed by atoms with E-state index in [1.807, 2.05) is 6.07 Å². The highest BCUT2D eigenvalue weighted by molar-refractivity contribution is 7.10. The zero-order valence-corrected chi connectivity index (χ0v) is 11.3. The highest BCUT2D eigenvalue weighted by Gasteiger charge is 2.37. The van der Waals surface area contributed by atoms with E-state index in [1.165, 1.54) is 24.8 Å². The van der Waals surface area contributed by atoms with E-state index in [2.05, 4.69) is 22.1 Å². The van der Waals surface area contributed by atoms with Crippen LogP contribution in [-0.2, 0) is 15.0 Å². The highest BCUT2D eigenvalue weighted by atomic mass is 32.1. The lowest BCUT2D eigenvalue weighted by Gasteiger charge is -2.28. The Morgan fingerprint density at radius 2 is 2.06 bits per heavy atom. The lowest BCUT2D eigenvalue weighted by molar-refractivity contribution is -0.139. The average molecular weight is 266 g/mol. The van der Waals surface area contributed by atoms with E-state index in [9.17, 15) is 9.59 Å². The van der Waals surface area contributed by atoms with Gasteiger partial charge in [-0.3, -0.25) is 9.59 Å². The minimum Gasteiger partial charge on any atom is -0.351 e. The second-order valence-corrected chi connectivity index (χ2v) is 5.67.